The van der Waals surface area contributed by atoms with Gasteiger partial charge < -0.3 is 10.2 Å². The van der Waals surface area contributed by atoms with Gasteiger partial charge in [-0.05, 0) is 27.2 Å². The number of carbonyl (C=O) groups excluding carboxylic acids is 2. The summed E-state index contributed by atoms with van der Waals surface area (Å²) in [5.41, 5.74) is 0.0862. The lowest BCUT2D eigenvalue weighted by atomic mass is 9.86. The molecule has 1 fully saturated rings. The monoisotopic (exact) mass is 281 g/mol. The Hall–Kier alpha value is -1.43. The minimum Gasteiger partial charge on any atom is -0.340 e. The molecule has 1 N–H and O–H groups in total. The molecular weight excluding hydrogens is 262 g/mol. The van der Waals surface area contributed by atoms with E-state index in [4.69, 9.17) is 0 Å². The quantitative estimate of drug-likeness (QED) is 0.914. The molecule has 0 radical (unpaired) electrons. The first-order valence-electron chi connectivity index (χ1n) is 6.33. The molecule has 2 heterocycles. The third kappa shape index (κ3) is 2.25. The van der Waals surface area contributed by atoms with Gasteiger partial charge in [0.25, 0.3) is 0 Å². The van der Waals surface area contributed by atoms with E-state index in [9.17, 15) is 9.59 Å². The fourth-order valence-corrected chi connectivity index (χ4v) is 2.70. The molecule has 2 rings (SSSR count). The molecule has 0 aliphatic carbocycles. The van der Waals surface area contributed by atoms with Crippen molar-refractivity contribution in [2.75, 3.05) is 0 Å². The first kappa shape index (κ1) is 14.0. The lowest BCUT2D eigenvalue weighted by Crippen LogP contribution is -2.72. The van der Waals surface area contributed by atoms with E-state index in [0.717, 1.165) is 4.88 Å². The second kappa shape index (κ2) is 4.59. The van der Waals surface area contributed by atoms with Crippen LogP contribution in [-0.4, -0.2) is 32.8 Å². The molecule has 6 heteroatoms. The van der Waals surface area contributed by atoms with Crippen molar-refractivity contribution in [3.8, 4) is 0 Å². The maximum absolute atomic E-state index is 12.7. The maximum atomic E-state index is 12.7. The molecule has 0 spiro atoms. The van der Waals surface area contributed by atoms with E-state index in [1.807, 2.05) is 6.92 Å². The Morgan fingerprint density at radius 2 is 2.05 bits per heavy atom. The van der Waals surface area contributed by atoms with Crippen LogP contribution in [0, 0.1) is 0 Å². The molecule has 1 aliphatic rings. The van der Waals surface area contributed by atoms with E-state index in [1.165, 1.54) is 11.3 Å². The predicted octanol–water partition coefficient (Wildman–Crippen LogP) is 1.55. The van der Waals surface area contributed by atoms with E-state index in [0.29, 0.717) is 13.0 Å². The van der Waals surface area contributed by atoms with Crippen molar-refractivity contribution in [3.05, 3.63) is 16.6 Å². The fourth-order valence-electron chi connectivity index (χ4n) is 2.12. The molecule has 5 nitrogen and oxygen atoms in total. The number of piperazine rings is 1. The van der Waals surface area contributed by atoms with Gasteiger partial charge >= 0.3 is 0 Å². The van der Waals surface area contributed by atoms with Crippen LogP contribution in [0.15, 0.2) is 11.7 Å². The van der Waals surface area contributed by atoms with Crippen LogP contribution in [0.3, 0.4) is 0 Å². The average Bonchev–Trinajstić information content (AvgIpc) is 2.86. The predicted molar refractivity (Wildman–Crippen MR) is 73.6 cm³/mol. The van der Waals surface area contributed by atoms with E-state index < -0.39 is 11.1 Å². The topological polar surface area (TPSA) is 62.3 Å². The van der Waals surface area contributed by atoms with Gasteiger partial charge in [0.1, 0.15) is 11.1 Å². The van der Waals surface area contributed by atoms with Crippen LogP contribution in [-0.2, 0) is 16.1 Å². The third-order valence-electron chi connectivity index (χ3n) is 3.84. The number of carbonyl (C=O) groups is 2. The van der Waals surface area contributed by atoms with Gasteiger partial charge in [0.2, 0.25) is 11.8 Å². The summed E-state index contributed by atoms with van der Waals surface area (Å²) in [6.45, 7) is 7.66. The van der Waals surface area contributed by atoms with E-state index in [1.54, 1.807) is 37.4 Å². The second-order valence-corrected chi connectivity index (χ2v) is 6.53. The van der Waals surface area contributed by atoms with Gasteiger partial charge in [0.05, 0.1) is 12.1 Å². The van der Waals surface area contributed by atoms with Gasteiger partial charge in [0, 0.05) is 11.1 Å². The van der Waals surface area contributed by atoms with Crippen molar-refractivity contribution in [3.63, 3.8) is 0 Å². The normalized spacial score (nSPS) is 26.4. The summed E-state index contributed by atoms with van der Waals surface area (Å²) in [5.74, 6) is -0.144. The summed E-state index contributed by atoms with van der Waals surface area (Å²) in [6, 6.07) is 0. The molecular formula is C13H19N3O2S. The Labute approximate surface area is 117 Å². The number of rotatable bonds is 3. The number of hydrogen-bond acceptors (Lipinski definition) is 4. The zero-order valence-electron chi connectivity index (χ0n) is 11.7. The highest BCUT2D eigenvalue weighted by atomic mass is 32.1. The lowest BCUT2D eigenvalue weighted by Gasteiger charge is -2.48. The minimum atomic E-state index is -0.838. The van der Waals surface area contributed by atoms with Gasteiger partial charge in [-0.2, -0.15) is 0 Å². The number of nitrogens with one attached hydrogen (secondary N) is 1. The van der Waals surface area contributed by atoms with Crippen molar-refractivity contribution in [2.24, 2.45) is 0 Å². The van der Waals surface area contributed by atoms with Crippen molar-refractivity contribution >= 4 is 23.2 Å². The zero-order valence-corrected chi connectivity index (χ0v) is 12.5. The second-order valence-electron chi connectivity index (χ2n) is 5.56. The minimum absolute atomic E-state index is 0.0343. The standard InChI is InChI=1S/C13H19N3O2S/c1-5-13(4)11(18)16(7-9-6-14-8-19-9)12(2,3)10(17)15-13/h6,8H,5,7H2,1-4H3,(H,15,17). The van der Waals surface area contributed by atoms with Gasteiger partial charge in [0.15, 0.2) is 0 Å². The van der Waals surface area contributed by atoms with E-state index >= 15 is 0 Å². The highest BCUT2D eigenvalue weighted by Crippen LogP contribution is 2.30. The third-order valence-corrected chi connectivity index (χ3v) is 4.61. The number of thiazole rings is 1. The summed E-state index contributed by atoms with van der Waals surface area (Å²) in [5, 5.41) is 2.85. The number of amides is 2. The highest BCUT2D eigenvalue weighted by molar-refractivity contribution is 7.09. The van der Waals surface area contributed by atoms with E-state index in [2.05, 4.69) is 10.3 Å². The number of aromatic nitrogens is 1. The van der Waals surface area contributed by atoms with Crippen molar-refractivity contribution in [2.45, 2.75) is 51.7 Å². The smallest absolute Gasteiger partial charge is 0.249 e. The average molecular weight is 281 g/mol. The molecule has 0 saturated carbocycles. The Morgan fingerprint density at radius 1 is 1.37 bits per heavy atom. The van der Waals surface area contributed by atoms with Crippen LogP contribution >= 0.6 is 11.3 Å². The van der Waals surface area contributed by atoms with Crippen LogP contribution in [0.5, 0.6) is 0 Å². The summed E-state index contributed by atoms with van der Waals surface area (Å²) >= 11 is 1.49. The molecule has 1 unspecified atom stereocenters. The van der Waals surface area contributed by atoms with Gasteiger partial charge in [-0.3, -0.25) is 14.6 Å². The summed E-state index contributed by atoms with van der Waals surface area (Å²) in [4.78, 5) is 31.6. The first-order valence-corrected chi connectivity index (χ1v) is 7.21. The summed E-state index contributed by atoms with van der Waals surface area (Å²) < 4.78 is 0. The van der Waals surface area contributed by atoms with Crippen LogP contribution < -0.4 is 5.32 Å². The first-order chi connectivity index (χ1) is 8.81. The molecule has 1 aliphatic heterocycles. The zero-order chi connectivity index (χ0) is 14.3. The Bertz CT molecular complexity index is 498. The highest BCUT2D eigenvalue weighted by Gasteiger charge is 2.51. The molecule has 0 bridgehead atoms. The molecule has 0 aromatic carbocycles. The largest absolute Gasteiger partial charge is 0.340 e. The molecule has 2 amide bonds. The van der Waals surface area contributed by atoms with Crippen molar-refractivity contribution in [1.82, 2.24) is 15.2 Å². The fraction of sp³-hybridized carbons (Fsp3) is 0.615. The maximum Gasteiger partial charge on any atom is 0.249 e. The van der Waals surface area contributed by atoms with Gasteiger partial charge in [-0.15, -0.1) is 11.3 Å². The van der Waals surface area contributed by atoms with Gasteiger partial charge in [-0.1, -0.05) is 6.92 Å². The Balaban J connectivity index is 2.35. The summed E-state index contributed by atoms with van der Waals surface area (Å²) in [6.07, 6.45) is 2.32. The Kier molecular flexibility index (Phi) is 3.38. The molecule has 104 valence electrons. The molecule has 1 saturated heterocycles. The summed E-state index contributed by atoms with van der Waals surface area (Å²) in [7, 11) is 0. The Morgan fingerprint density at radius 3 is 2.58 bits per heavy atom. The molecule has 1 atom stereocenters. The van der Waals surface area contributed by atoms with Crippen molar-refractivity contribution in [1.29, 1.82) is 0 Å². The van der Waals surface area contributed by atoms with Crippen LogP contribution in [0.1, 0.15) is 39.0 Å². The van der Waals surface area contributed by atoms with Crippen LogP contribution in [0.4, 0.5) is 0 Å². The van der Waals surface area contributed by atoms with Crippen LogP contribution in [0.2, 0.25) is 0 Å². The van der Waals surface area contributed by atoms with Crippen LogP contribution in [0.25, 0.3) is 0 Å². The molecule has 19 heavy (non-hydrogen) atoms. The molecule has 1 aromatic rings. The number of hydrogen-bond donors (Lipinski definition) is 1. The van der Waals surface area contributed by atoms with Crippen molar-refractivity contribution < 1.29 is 9.59 Å². The lowest BCUT2D eigenvalue weighted by molar-refractivity contribution is -0.161. The van der Waals surface area contributed by atoms with Gasteiger partial charge in [-0.25, -0.2) is 0 Å². The SMILES string of the molecule is CCC1(C)NC(=O)C(C)(C)N(Cc2cncs2)C1=O. The van der Waals surface area contributed by atoms with E-state index in [-0.39, 0.29) is 11.8 Å². The molecule has 1 aromatic heterocycles. The number of nitrogens with zero attached hydrogens (tertiary/aromatic N) is 2.